The Morgan fingerprint density at radius 2 is 1.50 bits per heavy atom. The SMILES string of the molecule is COc1ccccc1-c1nnc(SC(C)C(=O)Nc2ccc3c(c2)C(=O)c2ccccc2C3=O)n1C. The number of hydrogen-bond donors (Lipinski definition) is 1. The Bertz CT molecular complexity index is 1530. The van der Waals surface area contributed by atoms with Crippen molar-refractivity contribution in [1.82, 2.24) is 14.8 Å². The largest absolute Gasteiger partial charge is 0.496 e. The van der Waals surface area contributed by atoms with Gasteiger partial charge in [0.05, 0.1) is 17.9 Å². The number of nitrogens with zero attached hydrogens (tertiary/aromatic N) is 3. The summed E-state index contributed by atoms with van der Waals surface area (Å²) in [4.78, 5) is 38.7. The first kappa shape index (κ1) is 23.5. The van der Waals surface area contributed by atoms with Crippen molar-refractivity contribution in [3.05, 3.63) is 89.0 Å². The molecule has 1 atom stereocenters. The van der Waals surface area contributed by atoms with Gasteiger partial charge in [0.15, 0.2) is 22.5 Å². The van der Waals surface area contributed by atoms with E-state index in [2.05, 4.69) is 15.5 Å². The first-order chi connectivity index (χ1) is 17.4. The van der Waals surface area contributed by atoms with Crippen molar-refractivity contribution in [1.29, 1.82) is 0 Å². The van der Waals surface area contributed by atoms with Crippen molar-refractivity contribution in [2.75, 3.05) is 12.4 Å². The molecule has 4 aromatic rings. The number of anilines is 1. The minimum Gasteiger partial charge on any atom is -0.496 e. The molecule has 180 valence electrons. The number of aromatic nitrogens is 3. The molecule has 36 heavy (non-hydrogen) atoms. The highest BCUT2D eigenvalue weighted by Crippen LogP contribution is 2.32. The molecule has 9 heteroatoms. The highest BCUT2D eigenvalue weighted by atomic mass is 32.2. The molecule has 0 saturated carbocycles. The van der Waals surface area contributed by atoms with E-state index in [9.17, 15) is 14.4 Å². The molecule has 5 rings (SSSR count). The molecule has 0 fully saturated rings. The first-order valence-electron chi connectivity index (χ1n) is 11.2. The number of hydrogen-bond acceptors (Lipinski definition) is 7. The Morgan fingerprint density at radius 3 is 2.19 bits per heavy atom. The van der Waals surface area contributed by atoms with Gasteiger partial charge in [0.1, 0.15) is 5.75 Å². The molecule has 1 aliphatic carbocycles. The van der Waals surface area contributed by atoms with Crippen molar-refractivity contribution >= 4 is 34.9 Å². The lowest BCUT2D eigenvalue weighted by atomic mass is 9.84. The zero-order valence-corrected chi connectivity index (χ0v) is 20.6. The molecule has 0 spiro atoms. The van der Waals surface area contributed by atoms with Gasteiger partial charge in [-0.15, -0.1) is 10.2 Å². The number of nitrogens with one attached hydrogen (secondary N) is 1. The summed E-state index contributed by atoms with van der Waals surface area (Å²) in [7, 11) is 3.43. The summed E-state index contributed by atoms with van der Waals surface area (Å²) < 4.78 is 7.24. The fourth-order valence-corrected chi connectivity index (χ4v) is 4.93. The predicted octanol–water partition coefficient (Wildman–Crippen LogP) is 4.39. The Hall–Kier alpha value is -4.24. The Balaban J connectivity index is 1.32. The van der Waals surface area contributed by atoms with Gasteiger partial charge in [0, 0.05) is 35.0 Å². The maximum absolute atomic E-state index is 13.0. The molecule has 1 unspecified atom stereocenters. The molecule has 0 bridgehead atoms. The monoisotopic (exact) mass is 498 g/mol. The molecule has 1 aliphatic rings. The van der Waals surface area contributed by atoms with E-state index in [1.807, 2.05) is 35.9 Å². The van der Waals surface area contributed by atoms with Gasteiger partial charge in [-0.1, -0.05) is 48.2 Å². The van der Waals surface area contributed by atoms with Crippen molar-refractivity contribution in [3.8, 4) is 17.1 Å². The summed E-state index contributed by atoms with van der Waals surface area (Å²) in [6, 6.07) is 19.1. The summed E-state index contributed by atoms with van der Waals surface area (Å²) in [5.74, 6) is 0.604. The number of carbonyl (C=O) groups is 3. The topological polar surface area (TPSA) is 103 Å². The Labute approximate surface area is 211 Å². The number of fused-ring (bicyclic) bond motifs is 2. The van der Waals surface area contributed by atoms with Gasteiger partial charge in [0.2, 0.25) is 5.91 Å². The number of methoxy groups -OCH3 is 1. The zero-order valence-electron chi connectivity index (χ0n) is 19.8. The maximum Gasteiger partial charge on any atom is 0.237 e. The fraction of sp³-hybridized carbons (Fsp3) is 0.148. The van der Waals surface area contributed by atoms with E-state index >= 15 is 0 Å². The lowest BCUT2D eigenvalue weighted by Gasteiger charge is -2.18. The summed E-state index contributed by atoms with van der Waals surface area (Å²) in [6.07, 6.45) is 0. The molecule has 0 aliphatic heterocycles. The number of rotatable bonds is 6. The zero-order chi connectivity index (χ0) is 25.4. The van der Waals surface area contributed by atoms with Crippen LogP contribution in [0.2, 0.25) is 0 Å². The smallest absolute Gasteiger partial charge is 0.237 e. The van der Waals surface area contributed by atoms with Gasteiger partial charge >= 0.3 is 0 Å². The lowest BCUT2D eigenvalue weighted by Crippen LogP contribution is -2.24. The minimum atomic E-state index is -0.507. The van der Waals surface area contributed by atoms with Gasteiger partial charge in [-0.3, -0.25) is 14.4 Å². The predicted molar refractivity (Wildman–Crippen MR) is 137 cm³/mol. The molecule has 1 heterocycles. The number of para-hydroxylation sites is 1. The number of carbonyl (C=O) groups excluding carboxylic acids is 3. The van der Waals surface area contributed by atoms with Crippen LogP contribution in [0.3, 0.4) is 0 Å². The van der Waals surface area contributed by atoms with Crippen LogP contribution in [0.15, 0.2) is 71.9 Å². The van der Waals surface area contributed by atoms with Gasteiger partial charge < -0.3 is 14.6 Å². The fourth-order valence-electron chi connectivity index (χ4n) is 4.11. The van der Waals surface area contributed by atoms with Crippen molar-refractivity contribution in [2.24, 2.45) is 7.05 Å². The van der Waals surface area contributed by atoms with Gasteiger partial charge in [-0.25, -0.2) is 0 Å². The maximum atomic E-state index is 13.0. The van der Waals surface area contributed by atoms with Crippen LogP contribution in [-0.2, 0) is 11.8 Å². The van der Waals surface area contributed by atoms with Crippen LogP contribution >= 0.6 is 11.8 Å². The van der Waals surface area contributed by atoms with Crippen LogP contribution in [-0.4, -0.2) is 44.6 Å². The molecule has 0 radical (unpaired) electrons. The molecule has 1 N–H and O–H groups in total. The molecule has 3 aromatic carbocycles. The van der Waals surface area contributed by atoms with Crippen LogP contribution in [0.1, 0.15) is 38.8 Å². The second-order valence-corrected chi connectivity index (χ2v) is 9.59. The minimum absolute atomic E-state index is 0.199. The summed E-state index contributed by atoms with van der Waals surface area (Å²) in [6.45, 7) is 1.76. The van der Waals surface area contributed by atoms with Crippen molar-refractivity contribution < 1.29 is 19.1 Å². The summed E-state index contributed by atoms with van der Waals surface area (Å²) in [5, 5.41) is 11.4. The Morgan fingerprint density at radius 1 is 0.889 bits per heavy atom. The van der Waals surface area contributed by atoms with E-state index in [1.54, 1.807) is 56.5 Å². The molecular formula is C27H22N4O4S. The standard InChI is InChI=1S/C27H22N4O4S/c1-15(36-27-30-29-25(31(27)2)20-10-6-7-11-22(20)35-3)26(34)28-16-12-13-19-21(14-16)24(33)18-9-5-4-8-17(18)23(19)32/h4-15H,1-3H3,(H,28,34). The molecule has 8 nitrogen and oxygen atoms in total. The van der Waals surface area contributed by atoms with Crippen LogP contribution < -0.4 is 10.1 Å². The van der Waals surface area contributed by atoms with Crippen LogP contribution in [0.4, 0.5) is 5.69 Å². The average molecular weight is 499 g/mol. The lowest BCUT2D eigenvalue weighted by molar-refractivity contribution is -0.115. The number of ketones is 2. The van der Waals surface area contributed by atoms with Crippen LogP contribution in [0.25, 0.3) is 11.4 Å². The second kappa shape index (κ2) is 9.43. The highest BCUT2D eigenvalue weighted by molar-refractivity contribution is 8.00. The van der Waals surface area contributed by atoms with Crippen LogP contribution in [0.5, 0.6) is 5.75 Å². The molecule has 0 saturated heterocycles. The van der Waals surface area contributed by atoms with Gasteiger partial charge in [-0.2, -0.15) is 0 Å². The number of benzene rings is 3. The van der Waals surface area contributed by atoms with E-state index in [0.717, 1.165) is 5.56 Å². The third-order valence-corrected chi connectivity index (χ3v) is 7.16. The summed E-state index contributed by atoms with van der Waals surface area (Å²) >= 11 is 1.26. The van der Waals surface area contributed by atoms with E-state index in [4.69, 9.17) is 4.74 Å². The van der Waals surface area contributed by atoms with Gasteiger partial charge in [0.25, 0.3) is 0 Å². The van der Waals surface area contributed by atoms with E-state index in [-0.39, 0.29) is 23.0 Å². The third kappa shape index (κ3) is 4.07. The number of thioether (sulfide) groups is 1. The van der Waals surface area contributed by atoms with Crippen LogP contribution in [0, 0.1) is 0 Å². The molecule has 1 amide bonds. The third-order valence-electron chi connectivity index (χ3n) is 6.03. The number of amides is 1. The average Bonchev–Trinajstić information content (AvgIpc) is 3.26. The van der Waals surface area contributed by atoms with Gasteiger partial charge in [-0.05, 0) is 37.3 Å². The second-order valence-electron chi connectivity index (χ2n) is 8.28. The normalized spacial score (nSPS) is 13.1. The Kier molecular flexibility index (Phi) is 6.15. The van der Waals surface area contributed by atoms with E-state index in [1.165, 1.54) is 11.8 Å². The molecule has 1 aromatic heterocycles. The van der Waals surface area contributed by atoms with Crippen molar-refractivity contribution in [3.63, 3.8) is 0 Å². The number of ether oxygens (including phenoxy) is 1. The van der Waals surface area contributed by atoms with Crippen molar-refractivity contribution in [2.45, 2.75) is 17.3 Å². The van der Waals surface area contributed by atoms with E-state index in [0.29, 0.717) is 39.1 Å². The quantitative estimate of drug-likeness (QED) is 0.347. The van der Waals surface area contributed by atoms with E-state index < -0.39 is 5.25 Å². The summed E-state index contributed by atoms with van der Waals surface area (Å²) in [5.41, 5.74) is 2.63. The molecular weight excluding hydrogens is 476 g/mol. The highest BCUT2D eigenvalue weighted by Gasteiger charge is 2.30. The first-order valence-corrected chi connectivity index (χ1v) is 12.1.